The van der Waals surface area contributed by atoms with Crippen LogP contribution in [0.4, 0.5) is 0 Å². The Hall–Kier alpha value is -1.99. The van der Waals surface area contributed by atoms with Crippen LogP contribution in [0.1, 0.15) is 40.2 Å². The van der Waals surface area contributed by atoms with E-state index in [4.69, 9.17) is 5.73 Å². The van der Waals surface area contributed by atoms with E-state index in [1.807, 2.05) is 49.1 Å². The average molecular weight is 393 g/mol. The first-order valence-electron chi connectivity index (χ1n) is 9.19. The molecule has 1 fully saturated rings. The maximum atomic E-state index is 13.2. The third kappa shape index (κ3) is 4.47. The first kappa shape index (κ1) is 21.3. The summed E-state index contributed by atoms with van der Waals surface area (Å²) in [6.07, 6.45) is 0.809. The molecule has 3 rings (SSSR count). The van der Waals surface area contributed by atoms with Crippen molar-refractivity contribution in [2.45, 2.75) is 46.2 Å². The molecule has 2 N–H and O–H groups in total. The van der Waals surface area contributed by atoms with E-state index in [1.54, 1.807) is 0 Å². The molecule has 0 aliphatic carbocycles. The number of nitrogens with two attached hydrogens (primary N) is 1. The summed E-state index contributed by atoms with van der Waals surface area (Å²) >= 11 is 0. The Labute approximate surface area is 166 Å². The number of rotatable bonds is 4. The Morgan fingerprint density at radius 3 is 2.52 bits per heavy atom. The highest BCUT2D eigenvalue weighted by Crippen LogP contribution is 2.30. The van der Waals surface area contributed by atoms with Crippen molar-refractivity contribution in [3.05, 3.63) is 30.3 Å². The van der Waals surface area contributed by atoms with Gasteiger partial charge in [0.15, 0.2) is 6.04 Å². The summed E-state index contributed by atoms with van der Waals surface area (Å²) in [7, 11) is 0. The molecule has 0 saturated carbocycles. The second-order valence-electron chi connectivity index (χ2n) is 8.13. The molecule has 1 aliphatic heterocycles. The Balaban J connectivity index is 0.00000261. The van der Waals surface area contributed by atoms with Gasteiger partial charge >= 0.3 is 0 Å². The Kier molecular flexibility index (Phi) is 6.59. The lowest BCUT2D eigenvalue weighted by molar-refractivity contribution is -0.140. The van der Waals surface area contributed by atoms with E-state index < -0.39 is 6.04 Å². The molecule has 1 saturated heterocycles. The third-order valence-electron chi connectivity index (χ3n) is 5.22. The van der Waals surface area contributed by atoms with Gasteiger partial charge in [0.2, 0.25) is 11.7 Å². The highest BCUT2D eigenvalue weighted by atomic mass is 35.5. The molecule has 148 valence electrons. The number of hydrogen-bond acceptors (Lipinski definition) is 5. The summed E-state index contributed by atoms with van der Waals surface area (Å²) in [5.41, 5.74) is 7.00. The number of carbonyl (C=O) groups is 1. The Morgan fingerprint density at radius 1 is 1.26 bits per heavy atom. The monoisotopic (exact) mass is 392 g/mol. The van der Waals surface area contributed by atoms with Gasteiger partial charge in [0.25, 0.3) is 0 Å². The number of likely N-dealkylation sites (tertiary alicyclic amines) is 1. The predicted octanol–water partition coefficient (Wildman–Crippen LogP) is 2.54. The molecule has 0 bridgehead atoms. The standard InChI is InChI=1S/C19H28N6O.ClH/c1-13(2)16(18(26)24-11-10-15(20)19(3,4)12-24)25-22-17(21-23-25)14-8-6-5-7-9-14;/h5-9,13,15-16H,10-12,20H2,1-4H3;1H. The van der Waals surface area contributed by atoms with Crippen LogP contribution in [0, 0.1) is 11.3 Å². The van der Waals surface area contributed by atoms with Crippen LogP contribution in [0.3, 0.4) is 0 Å². The van der Waals surface area contributed by atoms with Crippen molar-refractivity contribution in [3.63, 3.8) is 0 Å². The van der Waals surface area contributed by atoms with Gasteiger partial charge in [-0.1, -0.05) is 58.0 Å². The Bertz CT molecular complexity index is 761. The number of piperidine rings is 1. The number of hydrogen-bond donors (Lipinski definition) is 1. The van der Waals surface area contributed by atoms with E-state index >= 15 is 0 Å². The maximum Gasteiger partial charge on any atom is 0.249 e. The van der Waals surface area contributed by atoms with Crippen LogP contribution < -0.4 is 5.73 Å². The van der Waals surface area contributed by atoms with Crippen molar-refractivity contribution in [2.24, 2.45) is 17.1 Å². The molecule has 2 atom stereocenters. The number of carbonyl (C=O) groups excluding carboxylic acids is 1. The fraction of sp³-hybridized carbons (Fsp3) is 0.579. The van der Waals surface area contributed by atoms with Gasteiger partial charge in [-0.3, -0.25) is 4.79 Å². The lowest BCUT2D eigenvalue weighted by Gasteiger charge is -2.43. The fourth-order valence-electron chi connectivity index (χ4n) is 3.45. The molecule has 8 heteroatoms. The van der Waals surface area contributed by atoms with E-state index in [2.05, 4.69) is 29.3 Å². The quantitative estimate of drug-likeness (QED) is 0.863. The summed E-state index contributed by atoms with van der Waals surface area (Å²) < 4.78 is 0. The van der Waals surface area contributed by atoms with Crippen molar-refractivity contribution in [2.75, 3.05) is 13.1 Å². The minimum atomic E-state index is -0.468. The van der Waals surface area contributed by atoms with Crippen LogP contribution in [0.2, 0.25) is 0 Å². The normalized spacial score (nSPS) is 20.2. The summed E-state index contributed by atoms with van der Waals surface area (Å²) in [4.78, 5) is 16.6. The molecule has 2 heterocycles. The molecule has 0 spiro atoms. The van der Waals surface area contributed by atoms with Gasteiger partial charge in [0, 0.05) is 24.7 Å². The summed E-state index contributed by atoms with van der Waals surface area (Å²) in [6, 6.07) is 9.31. The molecule has 1 aromatic carbocycles. The van der Waals surface area contributed by atoms with Crippen molar-refractivity contribution in [1.82, 2.24) is 25.1 Å². The summed E-state index contributed by atoms with van der Waals surface area (Å²) in [6.45, 7) is 9.57. The molecular weight excluding hydrogens is 364 g/mol. The van der Waals surface area contributed by atoms with Gasteiger partial charge in [-0.15, -0.1) is 22.6 Å². The lowest BCUT2D eigenvalue weighted by Crippen LogP contribution is -2.55. The second-order valence-corrected chi connectivity index (χ2v) is 8.13. The van der Waals surface area contributed by atoms with Gasteiger partial charge in [0.05, 0.1) is 0 Å². The van der Waals surface area contributed by atoms with Gasteiger partial charge in [0.1, 0.15) is 0 Å². The molecule has 1 aliphatic rings. The van der Waals surface area contributed by atoms with Crippen molar-refractivity contribution in [3.8, 4) is 11.4 Å². The minimum absolute atomic E-state index is 0. The van der Waals surface area contributed by atoms with E-state index in [9.17, 15) is 4.79 Å². The second kappa shape index (κ2) is 8.35. The predicted molar refractivity (Wildman–Crippen MR) is 107 cm³/mol. The molecular formula is C19H29ClN6O. The number of amides is 1. The van der Waals surface area contributed by atoms with Crippen LogP contribution >= 0.6 is 12.4 Å². The number of halogens is 1. The van der Waals surface area contributed by atoms with Gasteiger partial charge in [-0.2, -0.15) is 4.80 Å². The van der Waals surface area contributed by atoms with Crippen LogP contribution in [0.15, 0.2) is 30.3 Å². The first-order chi connectivity index (χ1) is 12.3. The van der Waals surface area contributed by atoms with E-state index in [0.29, 0.717) is 18.9 Å². The molecule has 1 aromatic heterocycles. The van der Waals surface area contributed by atoms with Gasteiger partial charge < -0.3 is 10.6 Å². The highest BCUT2D eigenvalue weighted by molar-refractivity contribution is 5.85. The SMILES string of the molecule is CC(C)C(C(=O)N1CCC(N)C(C)(C)C1)n1nnc(-c2ccccc2)n1.Cl. The lowest BCUT2D eigenvalue weighted by atomic mass is 9.79. The summed E-state index contributed by atoms with van der Waals surface area (Å²) in [5.74, 6) is 0.626. The van der Waals surface area contributed by atoms with E-state index in [-0.39, 0.29) is 35.7 Å². The maximum absolute atomic E-state index is 13.2. The van der Waals surface area contributed by atoms with Crippen molar-refractivity contribution in [1.29, 1.82) is 0 Å². The van der Waals surface area contributed by atoms with E-state index in [0.717, 1.165) is 12.0 Å². The van der Waals surface area contributed by atoms with Crippen LogP contribution in [0.25, 0.3) is 11.4 Å². The largest absolute Gasteiger partial charge is 0.340 e. The number of nitrogens with zero attached hydrogens (tertiary/aromatic N) is 5. The Morgan fingerprint density at radius 2 is 1.93 bits per heavy atom. The molecule has 0 radical (unpaired) electrons. The topological polar surface area (TPSA) is 89.9 Å². The number of aromatic nitrogens is 4. The molecule has 2 unspecified atom stereocenters. The molecule has 7 nitrogen and oxygen atoms in total. The first-order valence-corrected chi connectivity index (χ1v) is 9.19. The third-order valence-corrected chi connectivity index (χ3v) is 5.22. The number of benzene rings is 1. The molecule has 27 heavy (non-hydrogen) atoms. The minimum Gasteiger partial charge on any atom is -0.340 e. The molecule has 2 aromatic rings. The average Bonchev–Trinajstić information content (AvgIpc) is 3.07. The van der Waals surface area contributed by atoms with Gasteiger partial charge in [-0.25, -0.2) is 0 Å². The highest BCUT2D eigenvalue weighted by Gasteiger charge is 2.39. The van der Waals surface area contributed by atoms with Crippen molar-refractivity contribution >= 4 is 18.3 Å². The number of tetrazole rings is 1. The fourth-order valence-corrected chi connectivity index (χ4v) is 3.45. The smallest absolute Gasteiger partial charge is 0.249 e. The van der Waals surface area contributed by atoms with E-state index in [1.165, 1.54) is 4.80 Å². The van der Waals surface area contributed by atoms with Gasteiger partial charge in [-0.05, 0) is 23.0 Å². The van der Waals surface area contributed by atoms with Crippen molar-refractivity contribution < 1.29 is 4.79 Å². The van der Waals surface area contributed by atoms with Crippen LogP contribution in [0.5, 0.6) is 0 Å². The zero-order valence-corrected chi connectivity index (χ0v) is 17.2. The summed E-state index contributed by atoms with van der Waals surface area (Å²) in [5, 5.41) is 12.8. The van der Waals surface area contributed by atoms with Crippen LogP contribution in [-0.4, -0.2) is 50.1 Å². The zero-order chi connectivity index (χ0) is 18.9. The zero-order valence-electron chi connectivity index (χ0n) is 16.4. The molecule has 1 amide bonds. The van der Waals surface area contributed by atoms with Crippen LogP contribution in [-0.2, 0) is 4.79 Å².